The van der Waals surface area contributed by atoms with E-state index in [0.29, 0.717) is 0 Å². The molecule has 0 bridgehead atoms. The highest BCUT2D eigenvalue weighted by Crippen LogP contribution is 2.16. The van der Waals surface area contributed by atoms with Gasteiger partial charge in [0.2, 0.25) is 0 Å². The van der Waals surface area contributed by atoms with Gasteiger partial charge in [-0.2, -0.15) is 0 Å². The van der Waals surface area contributed by atoms with Gasteiger partial charge in [0, 0.05) is 20.8 Å². The summed E-state index contributed by atoms with van der Waals surface area (Å²) >= 11 is 0. The number of aliphatic hydroxyl groups excluding tert-OH is 1. The fourth-order valence-electron chi connectivity index (χ4n) is 1.51. The van der Waals surface area contributed by atoms with Crippen LogP contribution in [0.3, 0.4) is 0 Å². The predicted octanol–water partition coefficient (Wildman–Crippen LogP) is -0.639. The highest BCUT2D eigenvalue weighted by molar-refractivity contribution is 5.72. The molecule has 0 aliphatic heterocycles. The van der Waals surface area contributed by atoms with Gasteiger partial charge in [0.15, 0.2) is 24.6 Å². The molecule has 0 aromatic rings. The topological polar surface area (TPSA) is 116 Å². The van der Waals surface area contributed by atoms with Gasteiger partial charge in [-0.1, -0.05) is 0 Å². The van der Waals surface area contributed by atoms with Crippen molar-refractivity contribution < 1.29 is 38.5 Å². The Balaban J connectivity index is 5.33. The second-order valence-corrected chi connectivity index (χ2v) is 4.10. The Kier molecular flexibility index (Phi) is 7.45. The van der Waals surface area contributed by atoms with Crippen LogP contribution in [0.2, 0.25) is 0 Å². The van der Waals surface area contributed by atoms with E-state index in [2.05, 4.69) is 4.74 Å². The van der Waals surface area contributed by atoms with Gasteiger partial charge in [-0.3, -0.25) is 19.2 Å². The van der Waals surface area contributed by atoms with Crippen LogP contribution in [0, 0.1) is 0 Å². The van der Waals surface area contributed by atoms with Crippen LogP contribution in [-0.2, 0) is 33.4 Å². The second-order valence-electron chi connectivity index (χ2n) is 4.10. The molecule has 0 saturated heterocycles. The molecule has 0 heterocycles. The first-order valence-electron chi connectivity index (χ1n) is 5.84. The van der Waals surface area contributed by atoms with Crippen molar-refractivity contribution in [2.75, 3.05) is 0 Å². The van der Waals surface area contributed by atoms with E-state index in [1.54, 1.807) is 0 Å². The molecule has 0 saturated carbocycles. The van der Waals surface area contributed by atoms with Gasteiger partial charge in [-0.05, 0) is 6.92 Å². The summed E-state index contributed by atoms with van der Waals surface area (Å²) in [6.07, 6.45) is -5.28. The van der Waals surface area contributed by atoms with Crippen LogP contribution in [0.1, 0.15) is 27.7 Å². The third kappa shape index (κ3) is 6.28. The lowest BCUT2D eigenvalue weighted by Crippen LogP contribution is -2.50. The van der Waals surface area contributed by atoms with Gasteiger partial charge < -0.3 is 19.3 Å². The summed E-state index contributed by atoms with van der Waals surface area (Å²) in [7, 11) is 0. The van der Waals surface area contributed by atoms with E-state index in [1.165, 1.54) is 6.92 Å². The molecule has 4 atom stereocenters. The van der Waals surface area contributed by atoms with Gasteiger partial charge in [0.1, 0.15) is 0 Å². The van der Waals surface area contributed by atoms with Crippen LogP contribution in [-0.4, -0.2) is 53.7 Å². The maximum Gasteiger partial charge on any atom is 0.303 e. The molecule has 20 heavy (non-hydrogen) atoms. The van der Waals surface area contributed by atoms with Crippen molar-refractivity contribution in [3.8, 4) is 0 Å². The van der Waals surface area contributed by atoms with Crippen LogP contribution in [0.4, 0.5) is 0 Å². The lowest BCUT2D eigenvalue weighted by molar-refractivity contribution is -0.190. The summed E-state index contributed by atoms with van der Waals surface area (Å²) in [5.74, 6) is -2.32. The van der Waals surface area contributed by atoms with Gasteiger partial charge >= 0.3 is 17.9 Å². The summed E-state index contributed by atoms with van der Waals surface area (Å²) in [6.45, 7) is 4.49. The highest BCUT2D eigenvalue weighted by Gasteiger charge is 2.39. The zero-order chi connectivity index (χ0) is 15.9. The van der Waals surface area contributed by atoms with Crippen LogP contribution < -0.4 is 0 Å². The van der Waals surface area contributed by atoms with Gasteiger partial charge in [0.05, 0.1) is 6.10 Å². The van der Waals surface area contributed by atoms with Crippen molar-refractivity contribution in [1.82, 2.24) is 0 Å². The fourth-order valence-corrected chi connectivity index (χ4v) is 1.51. The van der Waals surface area contributed by atoms with E-state index in [1.807, 2.05) is 0 Å². The van der Waals surface area contributed by atoms with Crippen molar-refractivity contribution in [2.24, 2.45) is 0 Å². The van der Waals surface area contributed by atoms with E-state index in [-0.39, 0.29) is 6.29 Å². The van der Waals surface area contributed by atoms with Crippen molar-refractivity contribution >= 4 is 24.2 Å². The molecule has 0 fully saturated rings. The molecular weight excluding hydrogens is 272 g/mol. The first-order valence-corrected chi connectivity index (χ1v) is 5.84. The average molecular weight is 290 g/mol. The standard InChI is InChI=1S/C12H18O8/c1-6(14)11(19-8(3)16)12(20-9(4)17)10(5-13)18-7(2)15/h5-6,10-12,14H,1-4H3/t6-,10-,11-,12-/m1/s1. The molecule has 0 amide bonds. The van der Waals surface area contributed by atoms with E-state index in [0.717, 1.165) is 20.8 Å². The summed E-state index contributed by atoms with van der Waals surface area (Å²) in [6, 6.07) is 0. The number of rotatable bonds is 7. The molecule has 0 aromatic heterocycles. The Morgan fingerprint density at radius 2 is 1.30 bits per heavy atom. The largest absolute Gasteiger partial charge is 0.456 e. The summed E-state index contributed by atoms with van der Waals surface area (Å²) in [5.41, 5.74) is 0. The van der Waals surface area contributed by atoms with Crippen LogP contribution >= 0.6 is 0 Å². The normalized spacial score (nSPS) is 16.2. The number of ether oxygens (including phenoxy) is 3. The molecule has 0 spiro atoms. The molecule has 0 unspecified atom stereocenters. The van der Waals surface area contributed by atoms with Gasteiger partial charge in [-0.25, -0.2) is 0 Å². The van der Waals surface area contributed by atoms with E-state index in [9.17, 15) is 24.3 Å². The number of carbonyl (C=O) groups is 4. The number of carbonyl (C=O) groups excluding carboxylic acids is 4. The minimum Gasteiger partial charge on any atom is -0.456 e. The minimum atomic E-state index is -1.49. The first kappa shape index (κ1) is 18.0. The van der Waals surface area contributed by atoms with Gasteiger partial charge in [-0.15, -0.1) is 0 Å². The molecule has 0 aliphatic carbocycles. The Morgan fingerprint density at radius 1 is 0.900 bits per heavy atom. The third-order valence-electron chi connectivity index (χ3n) is 2.16. The predicted molar refractivity (Wildman–Crippen MR) is 64.4 cm³/mol. The summed E-state index contributed by atoms with van der Waals surface area (Å²) < 4.78 is 14.4. The van der Waals surface area contributed by atoms with Crippen molar-refractivity contribution in [1.29, 1.82) is 0 Å². The molecule has 8 heteroatoms. The number of hydrogen-bond donors (Lipinski definition) is 1. The molecule has 0 rings (SSSR count). The van der Waals surface area contributed by atoms with E-state index in [4.69, 9.17) is 9.47 Å². The molecule has 0 aromatic carbocycles. The van der Waals surface area contributed by atoms with Gasteiger partial charge in [0.25, 0.3) is 0 Å². The second kappa shape index (κ2) is 8.26. The Labute approximate surface area is 116 Å². The molecular formula is C12H18O8. The molecule has 8 nitrogen and oxygen atoms in total. The molecule has 0 aliphatic rings. The number of aldehydes is 1. The Hall–Kier alpha value is -1.96. The monoisotopic (exact) mass is 290 g/mol. The summed E-state index contributed by atoms with van der Waals surface area (Å²) in [5, 5.41) is 9.60. The molecule has 0 radical (unpaired) electrons. The average Bonchev–Trinajstić information content (AvgIpc) is 2.29. The molecule has 114 valence electrons. The molecule has 1 N–H and O–H groups in total. The maximum atomic E-state index is 11.1. The van der Waals surface area contributed by atoms with Crippen molar-refractivity contribution in [3.63, 3.8) is 0 Å². The highest BCUT2D eigenvalue weighted by atomic mass is 16.6. The summed E-state index contributed by atoms with van der Waals surface area (Å²) in [4.78, 5) is 44.0. The van der Waals surface area contributed by atoms with Crippen LogP contribution in [0.5, 0.6) is 0 Å². The SMILES string of the molecule is CC(=O)O[C@@H]([C@H](OC(C)=O)[C@@H](C=O)OC(C)=O)[C@@H](C)O. The zero-order valence-corrected chi connectivity index (χ0v) is 11.7. The maximum absolute atomic E-state index is 11.1. The van der Waals surface area contributed by atoms with Crippen LogP contribution in [0.25, 0.3) is 0 Å². The van der Waals surface area contributed by atoms with Crippen molar-refractivity contribution in [2.45, 2.75) is 52.1 Å². The lowest BCUT2D eigenvalue weighted by Gasteiger charge is -2.30. The Bertz CT molecular complexity index is 376. The fraction of sp³-hybridized carbons (Fsp3) is 0.667. The Morgan fingerprint density at radius 3 is 1.60 bits per heavy atom. The number of esters is 3. The van der Waals surface area contributed by atoms with E-state index < -0.39 is 42.3 Å². The zero-order valence-electron chi connectivity index (χ0n) is 11.7. The lowest BCUT2D eigenvalue weighted by atomic mass is 10.0. The third-order valence-corrected chi connectivity index (χ3v) is 2.16. The minimum absolute atomic E-state index is 0.230. The number of hydrogen-bond acceptors (Lipinski definition) is 8. The smallest absolute Gasteiger partial charge is 0.303 e. The van der Waals surface area contributed by atoms with Crippen molar-refractivity contribution in [3.05, 3.63) is 0 Å². The first-order chi connectivity index (χ1) is 9.18. The number of aliphatic hydroxyl groups is 1. The van der Waals surface area contributed by atoms with Crippen LogP contribution in [0.15, 0.2) is 0 Å². The quantitative estimate of drug-likeness (QED) is 0.374. The van der Waals surface area contributed by atoms with E-state index >= 15 is 0 Å².